The zero-order valence-corrected chi connectivity index (χ0v) is 13.3. The van der Waals surface area contributed by atoms with Gasteiger partial charge in [0.05, 0.1) is 11.5 Å². The van der Waals surface area contributed by atoms with Crippen molar-refractivity contribution in [2.45, 2.75) is 22.7 Å². The molecule has 8 heteroatoms. The van der Waals surface area contributed by atoms with E-state index in [-0.39, 0.29) is 4.90 Å². The van der Waals surface area contributed by atoms with E-state index >= 15 is 0 Å². The van der Waals surface area contributed by atoms with Crippen molar-refractivity contribution in [2.75, 3.05) is 20.3 Å². The largest absolute Gasteiger partial charge is 0.383 e. The first-order valence-corrected chi connectivity index (χ1v) is 7.85. The van der Waals surface area contributed by atoms with Crippen LogP contribution in [0, 0.1) is 18.6 Å². The number of hydrogen-bond donors (Lipinski definition) is 1. The molecular formula is C13H15F2N3OS2. The van der Waals surface area contributed by atoms with Crippen molar-refractivity contribution in [3.63, 3.8) is 0 Å². The first-order valence-electron chi connectivity index (χ1n) is 6.26. The maximum atomic E-state index is 14.0. The molecule has 114 valence electrons. The second kappa shape index (κ2) is 7.79. The van der Waals surface area contributed by atoms with E-state index in [2.05, 4.69) is 14.7 Å². The Morgan fingerprint density at radius 3 is 2.62 bits per heavy atom. The molecule has 1 aromatic carbocycles. The average molecular weight is 331 g/mol. The fourth-order valence-electron chi connectivity index (χ4n) is 1.63. The van der Waals surface area contributed by atoms with Crippen molar-refractivity contribution in [2.24, 2.45) is 0 Å². The predicted molar refractivity (Wildman–Crippen MR) is 78.7 cm³/mol. The van der Waals surface area contributed by atoms with Gasteiger partial charge in [0.2, 0.25) is 0 Å². The molecule has 0 unspecified atom stereocenters. The molecule has 0 aliphatic carbocycles. The lowest BCUT2D eigenvalue weighted by Gasteiger charge is -2.08. The summed E-state index contributed by atoms with van der Waals surface area (Å²) in [5, 5.41) is 3.04. The minimum Gasteiger partial charge on any atom is -0.383 e. The van der Waals surface area contributed by atoms with Gasteiger partial charge in [-0.25, -0.2) is 13.8 Å². The third-order valence-corrected chi connectivity index (χ3v) is 4.51. The predicted octanol–water partition coefficient (Wildman–Crippen LogP) is 3.01. The molecule has 1 aromatic heterocycles. The number of rotatable bonds is 7. The van der Waals surface area contributed by atoms with Crippen LogP contribution in [0.15, 0.2) is 21.4 Å². The van der Waals surface area contributed by atoms with Crippen molar-refractivity contribution in [3.8, 4) is 0 Å². The Bertz CT molecular complexity index is 584. The minimum atomic E-state index is -0.587. The highest BCUT2D eigenvalue weighted by atomic mass is 32.2. The molecule has 21 heavy (non-hydrogen) atoms. The van der Waals surface area contributed by atoms with E-state index in [1.807, 2.05) is 0 Å². The molecule has 0 fully saturated rings. The van der Waals surface area contributed by atoms with Crippen LogP contribution < -0.4 is 5.32 Å². The SMILES string of the molecule is COCCNCc1cc(F)c(Sc2nc(C)ns2)c(F)c1. The van der Waals surface area contributed by atoms with Gasteiger partial charge in [-0.1, -0.05) is 11.8 Å². The van der Waals surface area contributed by atoms with E-state index in [0.717, 1.165) is 23.3 Å². The fourth-order valence-corrected chi connectivity index (χ4v) is 3.23. The number of methoxy groups -OCH3 is 1. The lowest BCUT2D eigenvalue weighted by Crippen LogP contribution is -2.18. The van der Waals surface area contributed by atoms with Crippen LogP contribution in [0.3, 0.4) is 0 Å². The summed E-state index contributed by atoms with van der Waals surface area (Å²) >= 11 is 2.08. The topological polar surface area (TPSA) is 47.0 Å². The second-order valence-corrected chi connectivity index (χ2v) is 6.28. The first kappa shape index (κ1) is 16.3. The monoisotopic (exact) mass is 331 g/mol. The number of ether oxygens (including phenoxy) is 1. The smallest absolute Gasteiger partial charge is 0.175 e. The molecule has 0 aliphatic rings. The summed E-state index contributed by atoms with van der Waals surface area (Å²) in [5.41, 5.74) is 0.555. The molecule has 0 saturated heterocycles. The van der Waals surface area contributed by atoms with E-state index in [4.69, 9.17) is 4.74 Å². The molecule has 0 amide bonds. The number of hydrogen-bond acceptors (Lipinski definition) is 6. The Morgan fingerprint density at radius 1 is 1.33 bits per heavy atom. The highest BCUT2D eigenvalue weighted by Crippen LogP contribution is 2.33. The van der Waals surface area contributed by atoms with Crippen LogP contribution in [-0.4, -0.2) is 29.6 Å². The molecule has 1 N–H and O–H groups in total. The van der Waals surface area contributed by atoms with E-state index < -0.39 is 11.6 Å². The normalized spacial score (nSPS) is 11.0. The van der Waals surface area contributed by atoms with Crippen LogP contribution in [-0.2, 0) is 11.3 Å². The van der Waals surface area contributed by atoms with Crippen molar-refractivity contribution >= 4 is 23.3 Å². The van der Waals surface area contributed by atoms with Crippen LogP contribution in [0.4, 0.5) is 8.78 Å². The molecule has 0 spiro atoms. The first-order chi connectivity index (χ1) is 10.1. The van der Waals surface area contributed by atoms with Crippen LogP contribution in [0.1, 0.15) is 11.4 Å². The van der Waals surface area contributed by atoms with Gasteiger partial charge in [-0.2, -0.15) is 4.37 Å². The molecule has 0 radical (unpaired) electrons. The molecular weight excluding hydrogens is 316 g/mol. The second-order valence-electron chi connectivity index (χ2n) is 4.27. The van der Waals surface area contributed by atoms with E-state index in [1.165, 1.54) is 12.1 Å². The van der Waals surface area contributed by atoms with Crippen LogP contribution in [0.2, 0.25) is 0 Å². The van der Waals surface area contributed by atoms with Crippen LogP contribution in [0.25, 0.3) is 0 Å². The lowest BCUT2D eigenvalue weighted by molar-refractivity contribution is 0.199. The average Bonchev–Trinajstić information content (AvgIpc) is 2.85. The Morgan fingerprint density at radius 2 is 2.05 bits per heavy atom. The summed E-state index contributed by atoms with van der Waals surface area (Å²) in [5.74, 6) is -0.574. The fraction of sp³-hybridized carbons (Fsp3) is 0.385. The zero-order chi connectivity index (χ0) is 15.2. The Hall–Kier alpha value is -1.09. The minimum absolute atomic E-state index is 0.0493. The molecule has 0 aliphatic heterocycles. The summed E-state index contributed by atoms with van der Waals surface area (Å²) in [7, 11) is 1.60. The van der Waals surface area contributed by atoms with Gasteiger partial charge in [-0.05, 0) is 36.2 Å². The summed E-state index contributed by atoms with van der Waals surface area (Å²) in [6.45, 7) is 3.30. The molecule has 0 saturated carbocycles. The number of nitrogens with zero attached hydrogens (tertiary/aromatic N) is 2. The Labute approximate surface area is 130 Å². The summed E-state index contributed by atoms with van der Waals surface area (Å²) in [6.07, 6.45) is 0. The molecule has 0 bridgehead atoms. The van der Waals surface area contributed by atoms with Crippen molar-refractivity contribution in [3.05, 3.63) is 35.2 Å². The molecule has 0 atom stereocenters. The van der Waals surface area contributed by atoms with E-state index in [0.29, 0.717) is 35.4 Å². The van der Waals surface area contributed by atoms with E-state index in [1.54, 1.807) is 14.0 Å². The van der Waals surface area contributed by atoms with Gasteiger partial charge >= 0.3 is 0 Å². The van der Waals surface area contributed by atoms with Gasteiger partial charge in [0.15, 0.2) is 4.34 Å². The number of aryl methyl sites for hydroxylation is 1. The number of aromatic nitrogens is 2. The lowest BCUT2D eigenvalue weighted by atomic mass is 10.2. The van der Waals surface area contributed by atoms with Gasteiger partial charge < -0.3 is 10.1 Å². The highest BCUT2D eigenvalue weighted by molar-refractivity contribution is 8.01. The maximum Gasteiger partial charge on any atom is 0.175 e. The Kier molecular flexibility index (Phi) is 6.04. The highest BCUT2D eigenvalue weighted by Gasteiger charge is 2.15. The van der Waals surface area contributed by atoms with Crippen LogP contribution in [0.5, 0.6) is 0 Å². The standard InChI is InChI=1S/C13H15F2N3OS2/c1-8-17-13(21-18-8)20-12-10(14)5-9(6-11(12)15)7-16-3-4-19-2/h5-6,16H,3-4,7H2,1-2H3. The number of nitrogens with one attached hydrogen (secondary N) is 1. The van der Waals surface area contributed by atoms with Gasteiger partial charge in [0.1, 0.15) is 17.5 Å². The molecule has 2 aromatic rings. The quantitative estimate of drug-likeness (QED) is 0.790. The summed E-state index contributed by atoms with van der Waals surface area (Å²) in [6, 6.07) is 2.66. The van der Waals surface area contributed by atoms with Crippen molar-refractivity contribution in [1.82, 2.24) is 14.7 Å². The number of benzene rings is 1. The zero-order valence-electron chi connectivity index (χ0n) is 11.7. The Balaban J connectivity index is 2.06. The number of halogens is 2. The third-order valence-electron chi connectivity index (χ3n) is 2.57. The van der Waals surface area contributed by atoms with Gasteiger partial charge in [-0.3, -0.25) is 0 Å². The summed E-state index contributed by atoms with van der Waals surface area (Å²) < 4.78 is 37.4. The van der Waals surface area contributed by atoms with E-state index in [9.17, 15) is 8.78 Å². The van der Waals surface area contributed by atoms with Crippen molar-refractivity contribution < 1.29 is 13.5 Å². The summed E-state index contributed by atoms with van der Waals surface area (Å²) in [4.78, 5) is 4.04. The molecule has 1 heterocycles. The van der Waals surface area contributed by atoms with Crippen LogP contribution >= 0.6 is 23.3 Å². The molecule has 4 nitrogen and oxygen atoms in total. The van der Waals surface area contributed by atoms with Gasteiger partial charge in [0, 0.05) is 20.2 Å². The maximum absolute atomic E-state index is 14.0. The van der Waals surface area contributed by atoms with Crippen molar-refractivity contribution in [1.29, 1.82) is 0 Å². The molecule has 2 rings (SSSR count). The third kappa shape index (κ3) is 4.70. The van der Waals surface area contributed by atoms with Gasteiger partial charge in [0.25, 0.3) is 0 Å². The van der Waals surface area contributed by atoms with Gasteiger partial charge in [-0.15, -0.1) is 0 Å².